The minimum absolute atomic E-state index is 0.207. The number of para-hydroxylation sites is 2. The highest BCUT2D eigenvalue weighted by Gasteiger charge is 2.34. The average Bonchev–Trinajstić information content (AvgIpc) is 2.80. The maximum atomic E-state index is 13.2. The van der Waals surface area contributed by atoms with Crippen molar-refractivity contribution in [3.63, 3.8) is 0 Å². The van der Waals surface area contributed by atoms with E-state index in [1.165, 1.54) is 5.01 Å². The number of hydrogen-bond donors (Lipinski definition) is 2. The topological polar surface area (TPSA) is 73.9 Å². The van der Waals surface area contributed by atoms with Gasteiger partial charge < -0.3 is 15.0 Å². The molecule has 0 bridgehead atoms. The van der Waals surface area contributed by atoms with E-state index in [9.17, 15) is 9.59 Å². The normalized spacial score (nSPS) is 15.0. The number of carbonyl (C=O) groups is 2. The van der Waals surface area contributed by atoms with E-state index in [2.05, 4.69) is 10.7 Å². The molecule has 3 aromatic rings. The summed E-state index contributed by atoms with van der Waals surface area (Å²) in [5.74, 6) is -0.126. The third-order valence-electron chi connectivity index (χ3n) is 5.01. The lowest BCUT2D eigenvalue weighted by Crippen LogP contribution is -2.53. The standard InChI is InChI=1S/C24H24N4O3/c1-27(2)18-14-12-17(13-15-18)23-25-21-11-7-6-10-20(21)24(30)28(23)26-22(29)16-31-19-8-4-3-5-9-19/h3-15,23,25H,16H2,1-2H3,(H,26,29). The summed E-state index contributed by atoms with van der Waals surface area (Å²) in [4.78, 5) is 27.8. The predicted molar refractivity (Wildman–Crippen MR) is 120 cm³/mol. The van der Waals surface area contributed by atoms with Gasteiger partial charge in [-0.3, -0.25) is 15.0 Å². The first-order chi connectivity index (χ1) is 15.0. The lowest BCUT2D eigenvalue weighted by atomic mass is 10.0. The van der Waals surface area contributed by atoms with Gasteiger partial charge in [-0.1, -0.05) is 42.5 Å². The molecular weight excluding hydrogens is 392 g/mol. The predicted octanol–water partition coefficient (Wildman–Crippen LogP) is 3.43. The van der Waals surface area contributed by atoms with Crippen molar-refractivity contribution in [2.24, 2.45) is 0 Å². The zero-order chi connectivity index (χ0) is 21.8. The minimum atomic E-state index is -0.556. The van der Waals surface area contributed by atoms with Gasteiger partial charge in [0, 0.05) is 25.5 Å². The molecule has 4 rings (SSSR count). The van der Waals surface area contributed by atoms with E-state index < -0.39 is 12.1 Å². The number of ether oxygens (including phenoxy) is 1. The molecule has 158 valence electrons. The molecule has 0 aromatic heterocycles. The van der Waals surface area contributed by atoms with Crippen molar-refractivity contribution in [2.75, 3.05) is 30.9 Å². The molecular formula is C24H24N4O3. The first-order valence-electron chi connectivity index (χ1n) is 9.96. The van der Waals surface area contributed by atoms with Crippen LogP contribution in [0.5, 0.6) is 5.75 Å². The fourth-order valence-corrected chi connectivity index (χ4v) is 3.39. The van der Waals surface area contributed by atoms with Crippen molar-refractivity contribution in [1.82, 2.24) is 10.4 Å². The lowest BCUT2D eigenvalue weighted by molar-refractivity contribution is -0.127. The van der Waals surface area contributed by atoms with E-state index in [1.807, 2.05) is 73.6 Å². The Morgan fingerprint density at radius 3 is 2.39 bits per heavy atom. The highest BCUT2D eigenvalue weighted by molar-refractivity contribution is 6.02. The summed E-state index contributed by atoms with van der Waals surface area (Å²) in [5.41, 5.74) is 5.81. The Morgan fingerprint density at radius 1 is 1.00 bits per heavy atom. The average molecular weight is 416 g/mol. The maximum Gasteiger partial charge on any atom is 0.276 e. The molecule has 7 nitrogen and oxygen atoms in total. The molecule has 0 radical (unpaired) electrons. The van der Waals surface area contributed by atoms with Crippen LogP contribution < -0.4 is 20.4 Å². The Labute approximate surface area is 181 Å². The van der Waals surface area contributed by atoms with Crippen LogP contribution in [0.15, 0.2) is 78.9 Å². The van der Waals surface area contributed by atoms with Crippen LogP contribution in [0.25, 0.3) is 0 Å². The molecule has 31 heavy (non-hydrogen) atoms. The summed E-state index contributed by atoms with van der Waals surface area (Å²) in [6.07, 6.45) is -0.556. The van der Waals surface area contributed by atoms with Crippen molar-refractivity contribution >= 4 is 23.2 Å². The van der Waals surface area contributed by atoms with E-state index in [4.69, 9.17) is 4.74 Å². The number of nitrogens with zero attached hydrogens (tertiary/aromatic N) is 2. The number of fused-ring (bicyclic) bond motifs is 1. The minimum Gasteiger partial charge on any atom is -0.484 e. The molecule has 1 unspecified atom stereocenters. The first kappa shape index (κ1) is 20.3. The van der Waals surface area contributed by atoms with Gasteiger partial charge in [0.1, 0.15) is 11.9 Å². The number of anilines is 2. The van der Waals surface area contributed by atoms with E-state index in [1.54, 1.807) is 24.3 Å². The van der Waals surface area contributed by atoms with Gasteiger partial charge in [-0.25, -0.2) is 5.01 Å². The summed E-state index contributed by atoms with van der Waals surface area (Å²) < 4.78 is 5.52. The number of nitrogens with one attached hydrogen (secondary N) is 2. The zero-order valence-electron chi connectivity index (χ0n) is 17.4. The van der Waals surface area contributed by atoms with Crippen molar-refractivity contribution in [3.8, 4) is 5.75 Å². The van der Waals surface area contributed by atoms with Gasteiger partial charge in [-0.2, -0.15) is 0 Å². The number of carbonyl (C=O) groups excluding carboxylic acids is 2. The van der Waals surface area contributed by atoms with Gasteiger partial charge in [0.15, 0.2) is 6.61 Å². The molecule has 3 aromatic carbocycles. The Hall–Kier alpha value is -4.00. The van der Waals surface area contributed by atoms with Crippen LogP contribution in [0.1, 0.15) is 22.1 Å². The number of rotatable bonds is 6. The van der Waals surface area contributed by atoms with Crippen LogP contribution >= 0.6 is 0 Å². The molecule has 1 aliphatic rings. The van der Waals surface area contributed by atoms with Crippen LogP contribution in [-0.4, -0.2) is 37.5 Å². The summed E-state index contributed by atoms with van der Waals surface area (Å²) in [6.45, 7) is -0.207. The monoisotopic (exact) mass is 416 g/mol. The Bertz CT molecular complexity index is 1070. The van der Waals surface area contributed by atoms with Crippen molar-refractivity contribution in [3.05, 3.63) is 90.0 Å². The fraction of sp³-hybridized carbons (Fsp3) is 0.167. The molecule has 0 saturated heterocycles. The van der Waals surface area contributed by atoms with Crippen LogP contribution in [0, 0.1) is 0 Å². The molecule has 0 fully saturated rings. The maximum absolute atomic E-state index is 13.2. The van der Waals surface area contributed by atoms with Gasteiger partial charge in [0.2, 0.25) is 0 Å². The zero-order valence-corrected chi connectivity index (χ0v) is 17.4. The van der Waals surface area contributed by atoms with Gasteiger partial charge in [0.05, 0.1) is 5.56 Å². The molecule has 0 saturated carbocycles. The van der Waals surface area contributed by atoms with Crippen LogP contribution in [0.3, 0.4) is 0 Å². The Kier molecular flexibility index (Phi) is 5.75. The molecule has 1 atom stereocenters. The highest BCUT2D eigenvalue weighted by Crippen LogP contribution is 2.32. The van der Waals surface area contributed by atoms with Gasteiger partial charge >= 0.3 is 0 Å². The quantitative estimate of drug-likeness (QED) is 0.644. The highest BCUT2D eigenvalue weighted by atomic mass is 16.5. The van der Waals surface area contributed by atoms with Crippen molar-refractivity contribution in [2.45, 2.75) is 6.17 Å². The van der Waals surface area contributed by atoms with E-state index in [0.717, 1.165) is 16.9 Å². The second kappa shape index (κ2) is 8.79. The largest absolute Gasteiger partial charge is 0.484 e. The summed E-state index contributed by atoms with van der Waals surface area (Å²) >= 11 is 0. The van der Waals surface area contributed by atoms with E-state index in [0.29, 0.717) is 11.3 Å². The smallest absolute Gasteiger partial charge is 0.276 e. The first-order valence-corrected chi connectivity index (χ1v) is 9.96. The second-order valence-electron chi connectivity index (χ2n) is 7.39. The van der Waals surface area contributed by atoms with E-state index in [-0.39, 0.29) is 12.5 Å². The summed E-state index contributed by atoms with van der Waals surface area (Å²) in [5, 5.41) is 4.68. The molecule has 1 aliphatic heterocycles. The number of amides is 2. The lowest BCUT2D eigenvalue weighted by Gasteiger charge is -2.37. The summed E-state index contributed by atoms with van der Waals surface area (Å²) in [7, 11) is 3.93. The third kappa shape index (κ3) is 4.45. The molecule has 1 heterocycles. The second-order valence-corrected chi connectivity index (χ2v) is 7.39. The molecule has 0 spiro atoms. The van der Waals surface area contributed by atoms with Crippen LogP contribution in [-0.2, 0) is 4.79 Å². The van der Waals surface area contributed by atoms with Gasteiger partial charge in [-0.15, -0.1) is 0 Å². The van der Waals surface area contributed by atoms with Crippen LogP contribution in [0.4, 0.5) is 11.4 Å². The van der Waals surface area contributed by atoms with Crippen molar-refractivity contribution < 1.29 is 14.3 Å². The van der Waals surface area contributed by atoms with Gasteiger partial charge in [0.25, 0.3) is 11.8 Å². The molecule has 7 heteroatoms. The molecule has 2 amide bonds. The Morgan fingerprint density at radius 2 is 1.68 bits per heavy atom. The van der Waals surface area contributed by atoms with Crippen molar-refractivity contribution in [1.29, 1.82) is 0 Å². The number of hydrazine groups is 1. The number of hydrogen-bond acceptors (Lipinski definition) is 5. The van der Waals surface area contributed by atoms with Gasteiger partial charge in [-0.05, 0) is 42.0 Å². The van der Waals surface area contributed by atoms with Crippen LogP contribution in [0.2, 0.25) is 0 Å². The molecule has 2 N–H and O–H groups in total. The molecule has 0 aliphatic carbocycles. The SMILES string of the molecule is CN(C)c1ccc(C2Nc3ccccc3C(=O)N2NC(=O)COc2ccccc2)cc1. The third-order valence-corrected chi connectivity index (χ3v) is 5.01. The fourth-order valence-electron chi connectivity index (χ4n) is 3.39. The number of benzene rings is 3. The Balaban J connectivity index is 1.57. The summed E-state index contributed by atoms with van der Waals surface area (Å²) in [6, 6.07) is 24.1. The van der Waals surface area contributed by atoms with E-state index >= 15 is 0 Å².